The highest BCUT2D eigenvalue weighted by Crippen LogP contribution is 2.73. The van der Waals surface area contributed by atoms with Gasteiger partial charge in [0.25, 0.3) is 0 Å². The molecule has 0 amide bonds. The highest BCUT2D eigenvalue weighted by Gasteiger charge is 2.88. The molecular weight excluding hydrogens is 477 g/mol. The number of benzene rings is 2. The van der Waals surface area contributed by atoms with Gasteiger partial charge in [0.15, 0.2) is 5.60 Å². The summed E-state index contributed by atoms with van der Waals surface area (Å²) in [5.41, 5.74) is -1.76. The first-order valence-electron chi connectivity index (χ1n) is 7.78. The average molecular weight is 494 g/mol. The smallest absolute Gasteiger partial charge is 0.397 e. The monoisotopic (exact) mass is 492 g/mol. The van der Waals surface area contributed by atoms with Crippen LogP contribution in [0, 0.1) is 0 Å². The summed E-state index contributed by atoms with van der Waals surface area (Å²) in [6.45, 7) is 3.60. The van der Waals surface area contributed by atoms with Gasteiger partial charge in [-0.15, -0.1) is 0 Å². The van der Waals surface area contributed by atoms with E-state index in [-0.39, 0.29) is 0 Å². The quantitative estimate of drug-likeness (QED) is 0.404. The second-order valence-corrected chi connectivity index (χ2v) is 12.6. The van der Waals surface area contributed by atoms with E-state index in [1.807, 2.05) is 30.3 Å². The molecule has 3 unspecified atom stereocenters. The predicted octanol–water partition coefficient (Wildman–Crippen LogP) is 5.48. The number of rotatable bonds is 4. The van der Waals surface area contributed by atoms with Crippen molar-refractivity contribution in [2.24, 2.45) is 0 Å². The molecule has 3 atom stereocenters. The maximum atomic E-state index is 14.2. The second kappa shape index (κ2) is 6.22. The lowest BCUT2D eigenvalue weighted by atomic mass is 10.1. The molecule has 1 aliphatic rings. The van der Waals surface area contributed by atoms with Crippen LogP contribution < -0.4 is 5.19 Å². The van der Waals surface area contributed by atoms with Crippen LogP contribution in [0.5, 0.6) is 0 Å². The number of hydrogen-bond acceptors (Lipinski definition) is 1. The lowest BCUT2D eigenvalue weighted by molar-refractivity contribution is -0.213. The van der Waals surface area contributed by atoms with Gasteiger partial charge in [-0.1, -0.05) is 92.5 Å². The Morgan fingerprint density at radius 3 is 1.92 bits per heavy atom. The zero-order chi connectivity index (χ0) is 18.5. The minimum absolute atomic E-state index is 0.548. The van der Waals surface area contributed by atoms with E-state index in [4.69, 9.17) is 4.43 Å². The van der Waals surface area contributed by atoms with Crippen LogP contribution in [0.2, 0.25) is 13.1 Å². The molecule has 1 nitrogen and oxygen atoms in total. The van der Waals surface area contributed by atoms with E-state index in [0.717, 1.165) is 5.19 Å². The predicted molar refractivity (Wildman–Crippen MR) is 103 cm³/mol. The number of halogens is 5. The van der Waals surface area contributed by atoms with Crippen molar-refractivity contribution in [2.45, 2.75) is 34.0 Å². The van der Waals surface area contributed by atoms with Crippen molar-refractivity contribution < 1.29 is 17.6 Å². The molecule has 1 saturated carbocycles. The van der Waals surface area contributed by atoms with Crippen molar-refractivity contribution in [2.75, 3.05) is 0 Å². The van der Waals surface area contributed by atoms with Gasteiger partial charge in [-0.3, -0.25) is 0 Å². The third-order valence-corrected chi connectivity index (χ3v) is 10.7. The zero-order valence-corrected chi connectivity index (χ0v) is 17.8. The molecule has 7 heteroatoms. The normalized spacial score (nSPS) is 29.5. The van der Waals surface area contributed by atoms with Crippen LogP contribution in [0.15, 0.2) is 60.7 Å². The molecule has 2 aromatic carbocycles. The topological polar surface area (TPSA) is 9.23 Å². The van der Waals surface area contributed by atoms with Crippen molar-refractivity contribution in [1.82, 2.24) is 0 Å². The van der Waals surface area contributed by atoms with Crippen molar-refractivity contribution in [3.8, 4) is 0 Å². The Morgan fingerprint density at radius 1 is 0.960 bits per heavy atom. The highest BCUT2D eigenvalue weighted by atomic mass is 79.9. The fourth-order valence-electron chi connectivity index (χ4n) is 3.25. The largest absolute Gasteiger partial charge is 0.419 e. The molecule has 0 aliphatic heterocycles. The average Bonchev–Trinajstić information content (AvgIpc) is 3.06. The molecule has 0 bridgehead atoms. The van der Waals surface area contributed by atoms with Crippen LogP contribution in [0.3, 0.4) is 0 Å². The van der Waals surface area contributed by atoms with Gasteiger partial charge >= 0.3 is 6.18 Å². The van der Waals surface area contributed by atoms with Gasteiger partial charge in [0.2, 0.25) is 8.32 Å². The fraction of sp³-hybridized carbons (Fsp3) is 0.333. The summed E-state index contributed by atoms with van der Waals surface area (Å²) in [5.74, 6) is 0. The van der Waals surface area contributed by atoms with Crippen molar-refractivity contribution in [3.05, 3.63) is 66.2 Å². The van der Waals surface area contributed by atoms with Crippen LogP contribution in [-0.4, -0.2) is 24.9 Å². The summed E-state index contributed by atoms with van der Waals surface area (Å²) in [6.07, 6.45) is -4.53. The van der Waals surface area contributed by atoms with Gasteiger partial charge in [0.1, 0.15) is 4.32 Å². The first kappa shape index (κ1) is 19.1. The molecule has 134 valence electrons. The Labute approximate surface area is 163 Å². The highest BCUT2D eigenvalue weighted by molar-refractivity contribution is 9.13. The molecule has 0 radical (unpaired) electrons. The molecule has 1 aliphatic carbocycles. The first-order valence-corrected chi connectivity index (χ1v) is 12.4. The molecule has 0 N–H and O–H groups in total. The zero-order valence-electron chi connectivity index (χ0n) is 13.6. The third-order valence-electron chi connectivity index (χ3n) is 4.66. The van der Waals surface area contributed by atoms with Crippen molar-refractivity contribution in [1.29, 1.82) is 0 Å². The van der Waals surface area contributed by atoms with E-state index in [1.165, 1.54) is 0 Å². The Kier molecular flexibility index (Phi) is 4.76. The molecule has 1 fully saturated rings. The SMILES string of the molecule is C[Si](C)(OC1(C(F)(F)F)C(Br)C1(Br)c1ccccc1)c1ccccc1. The van der Waals surface area contributed by atoms with Gasteiger partial charge in [0.05, 0.1) is 4.83 Å². The third kappa shape index (κ3) is 2.83. The van der Waals surface area contributed by atoms with Crippen LogP contribution in [0.25, 0.3) is 0 Å². The first-order chi connectivity index (χ1) is 11.6. The lowest BCUT2D eigenvalue weighted by Gasteiger charge is -2.33. The Hall–Kier alpha value is -0.633. The van der Waals surface area contributed by atoms with E-state index in [0.29, 0.717) is 5.56 Å². The minimum Gasteiger partial charge on any atom is -0.397 e. The second-order valence-electron chi connectivity index (χ2n) is 6.65. The van der Waals surface area contributed by atoms with Gasteiger partial charge < -0.3 is 4.43 Å². The Balaban J connectivity index is 2.06. The molecule has 25 heavy (non-hydrogen) atoms. The van der Waals surface area contributed by atoms with Gasteiger partial charge in [-0.25, -0.2) is 0 Å². The van der Waals surface area contributed by atoms with Gasteiger partial charge in [0, 0.05) is 0 Å². The molecule has 0 spiro atoms. The Morgan fingerprint density at radius 2 is 1.44 bits per heavy atom. The standard InChI is InChI=1S/C18H17Br2F3OSi/c1-25(2,14-11-7-4-8-12-14)24-17(18(21,22)23)15(19)16(17,20)13-9-5-3-6-10-13/h3-12,15H,1-2H3. The summed E-state index contributed by atoms with van der Waals surface area (Å²) in [5, 5.41) is 0.827. The summed E-state index contributed by atoms with van der Waals surface area (Å²) >= 11 is 6.63. The molecule has 3 rings (SSSR count). The van der Waals surface area contributed by atoms with E-state index < -0.39 is 29.2 Å². The summed E-state index contributed by atoms with van der Waals surface area (Å²) in [7, 11) is -2.81. The van der Waals surface area contributed by atoms with E-state index in [2.05, 4.69) is 31.9 Å². The van der Waals surface area contributed by atoms with E-state index in [9.17, 15) is 13.2 Å². The molecule has 0 saturated heterocycles. The Bertz CT molecular complexity index is 754. The lowest BCUT2D eigenvalue weighted by Crippen LogP contribution is -2.54. The summed E-state index contributed by atoms with van der Waals surface area (Å²) in [4.78, 5) is -0.912. The van der Waals surface area contributed by atoms with E-state index >= 15 is 0 Å². The van der Waals surface area contributed by atoms with Crippen molar-refractivity contribution >= 4 is 45.4 Å². The van der Waals surface area contributed by atoms with Crippen LogP contribution in [0.4, 0.5) is 13.2 Å². The molecule has 0 aromatic heterocycles. The van der Waals surface area contributed by atoms with Crippen molar-refractivity contribution in [3.63, 3.8) is 0 Å². The summed E-state index contributed by atoms with van der Waals surface area (Å²) < 4.78 is 47.3. The molecular formula is C18H17Br2F3OSi. The van der Waals surface area contributed by atoms with Crippen LogP contribution in [-0.2, 0) is 8.75 Å². The number of alkyl halides is 5. The summed E-state index contributed by atoms with van der Waals surface area (Å²) in [6, 6.07) is 17.8. The van der Waals surface area contributed by atoms with E-state index in [1.54, 1.807) is 43.4 Å². The van der Waals surface area contributed by atoms with Crippen LogP contribution in [0.1, 0.15) is 5.56 Å². The molecule has 0 heterocycles. The van der Waals surface area contributed by atoms with Gasteiger partial charge in [-0.05, 0) is 23.8 Å². The maximum Gasteiger partial charge on any atom is 0.419 e. The minimum atomic E-state index is -4.53. The maximum absolute atomic E-state index is 14.2. The molecule has 2 aromatic rings. The van der Waals surface area contributed by atoms with Gasteiger partial charge in [-0.2, -0.15) is 13.2 Å². The fourth-order valence-corrected chi connectivity index (χ4v) is 8.38. The van der Waals surface area contributed by atoms with Crippen LogP contribution >= 0.6 is 31.9 Å². The number of hydrogen-bond donors (Lipinski definition) is 0.